The number of hydrogen-bond acceptors (Lipinski definition) is 5. The minimum absolute atomic E-state index is 0. The van der Waals surface area contributed by atoms with Crippen molar-refractivity contribution in [2.45, 2.75) is 20.3 Å². The monoisotopic (exact) mass is 416 g/mol. The second kappa shape index (κ2) is 9.08. The maximum absolute atomic E-state index is 13.0. The largest absolute Gasteiger partial charge is 0.355 e. The standard InChI is InChI=1S/C25H26N4O2.H2/c1-18-8-3-4-9-20(18)25(31)29-15-7-14-28(16-17-29)23-12-5-11-22(27-23)24(30)21-10-6-13-26-19(21)2;/h3-6,8-13H,7,14-17H2,1-2H3;1H. The quantitative estimate of drug-likeness (QED) is 0.603. The minimum Gasteiger partial charge on any atom is -0.355 e. The Labute approximate surface area is 184 Å². The van der Waals surface area contributed by atoms with Gasteiger partial charge in [-0.3, -0.25) is 14.6 Å². The Hall–Kier alpha value is -3.54. The average Bonchev–Trinajstić information content (AvgIpc) is 3.05. The van der Waals surface area contributed by atoms with E-state index >= 15 is 0 Å². The summed E-state index contributed by atoms with van der Waals surface area (Å²) in [7, 11) is 0. The normalized spacial score (nSPS) is 14.3. The van der Waals surface area contributed by atoms with Crippen molar-refractivity contribution in [1.29, 1.82) is 0 Å². The number of carbonyl (C=O) groups excluding carboxylic acids is 2. The molecule has 160 valence electrons. The van der Waals surface area contributed by atoms with Gasteiger partial charge in [0.25, 0.3) is 5.91 Å². The second-order valence-corrected chi connectivity index (χ2v) is 7.79. The number of pyridine rings is 2. The third-order valence-corrected chi connectivity index (χ3v) is 5.70. The molecule has 0 aliphatic carbocycles. The molecule has 0 radical (unpaired) electrons. The van der Waals surface area contributed by atoms with Crippen molar-refractivity contribution in [2.24, 2.45) is 0 Å². The van der Waals surface area contributed by atoms with Crippen molar-refractivity contribution in [2.75, 3.05) is 31.1 Å². The lowest BCUT2D eigenvalue weighted by atomic mass is 10.1. The van der Waals surface area contributed by atoms with Gasteiger partial charge >= 0.3 is 0 Å². The molecule has 1 saturated heterocycles. The first kappa shape index (κ1) is 20.7. The lowest BCUT2D eigenvalue weighted by Gasteiger charge is -2.23. The Kier molecular flexibility index (Phi) is 6.07. The molecule has 0 atom stereocenters. The fraction of sp³-hybridized carbons (Fsp3) is 0.280. The van der Waals surface area contributed by atoms with Gasteiger partial charge in [0.15, 0.2) is 0 Å². The predicted octanol–water partition coefficient (Wildman–Crippen LogP) is 3.92. The van der Waals surface area contributed by atoms with Crippen LogP contribution < -0.4 is 4.90 Å². The second-order valence-electron chi connectivity index (χ2n) is 7.79. The van der Waals surface area contributed by atoms with Crippen molar-refractivity contribution in [1.82, 2.24) is 14.9 Å². The van der Waals surface area contributed by atoms with Crippen LogP contribution in [-0.4, -0.2) is 52.7 Å². The van der Waals surface area contributed by atoms with Gasteiger partial charge in [0.05, 0.1) is 0 Å². The van der Waals surface area contributed by atoms with E-state index in [0.717, 1.165) is 29.9 Å². The number of rotatable bonds is 4. The fourth-order valence-corrected chi connectivity index (χ4v) is 3.92. The zero-order valence-corrected chi connectivity index (χ0v) is 17.9. The van der Waals surface area contributed by atoms with Crippen molar-refractivity contribution in [3.05, 3.63) is 88.9 Å². The highest BCUT2D eigenvalue weighted by Crippen LogP contribution is 2.19. The summed E-state index contributed by atoms with van der Waals surface area (Å²) in [5.41, 5.74) is 3.42. The molecule has 0 saturated carbocycles. The molecule has 1 aliphatic rings. The molecule has 4 rings (SSSR count). The molecule has 6 heteroatoms. The van der Waals surface area contributed by atoms with Crippen LogP contribution in [0.2, 0.25) is 0 Å². The van der Waals surface area contributed by atoms with Crippen LogP contribution in [0.15, 0.2) is 60.8 Å². The molecule has 1 amide bonds. The molecule has 2 aromatic heterocycles. The van der Waals surface area contributed by atoms with Crippen LogP contribution in [0.4, 0.5) is 5.82 Å². The minimum atomic E-state index is -0.126. The Morgan fingerprint density at radius 3 is 2.48 bits per heavy atom. The van der Waals surface area contributed by atoms with Crippen molar-refractivity contribution in [3.63, 3.8) is 0 Å². The summed E-state index contributed by atoms with van der Waals surface area (Å²) >= 11 is 0. The van der Waals surface area contributed by atoms with Crippen LogP contribution >= 0.6 is 0 Å². The van der Waals surface area contributed by atoms with E-state index in [-0.39, 0.29) is 13.1 Å². The van der Waals surface area contributed by atoms with Crippen LogP contribution in [0.5, 0.6) is 0 Å². The van der Waals surface area contributed by atoms with Gasteiger partial charge in [0.2, 0.25) is 5.78 Å². The van der Waals surface area contributed by atoms with Crippen LogP contribution in [0, 0.1) is 13.8 Å². The Bertz CT molecular complexity index is 1120. The maximum atomic E-state index is 13.0. The molecule has 1 fully saturated rings. The Balaban J connectivity index is 0.00000289. The Morgan fingerprint density at radius 2 is 1.68 bits per heavy atom. The van der Waals surface area contributed by atoms with E-state index in [0.29, 0.717) is 36.6 Å². The number of benzene rings is 1. The van der Waals surface area contributed by atoms with E-state index < -0.39 is 0 Å². The molecule has 6 nitrogen and oxygen atoms in total. The molecular formula is C25H28N4O2. The highest BCUT2D eigenvalue weighted by Gasteiger charge is 2.22. The van der Waals surface area contributed by atoms with Gasteiger partial charge in [-0.2, -0.15) is 0 Å². The molecule has 31 heavy (non-hydrogen) atoms. The topological polar surface area (TPSA) is 66.4 Å². The number of carbonyl (C=O) groups is 2. The summed E-state index contributed by atoms with van der Waals surface area (Å²) in [4.78, 5) is 38.8. The molecule has 0 unspecified atom stereocenters. The maximum Gasteiger partial charge on any atom is 0.254 e. The zero-order chi connectivity index (χ0) is 21.8. The van der Waals surface area contributed by atoms with Crippen molar-refractivity contribution >= 4 is 17.5 Å². The number of aryl methyl sites for hydroxylation is 2. The number of ketones is 1. The van der Waals surface area contributed by atoms with Crippen LogP contribution in [-0.2, 0) is 0 Å². The van der Waals surface area contributed by atoms with Crippen LogP contribution in [0.3, 0.4) is 0 Å². The molecule has 0 bridgehead atoms. The van der Waals surface area contributed by atoms with Gasteiger partial charge < -0.3 is 9.80 Å². The number of anilines is 1. The highest BCUT2D eigenvalue weighted by atomic mass is 16.2. The summed E-state index contributed by atoms with van der Waals surface area (Å²) in [6, 6.07) is 16.8. The number of hydrogen-bond donors (Lipinski definition) is 0. The third kappa shape index (κ3) is 4.48. The van der Waals surface area contributed by atoms with Gasteiger partial charge in [-0.25, -0.2) is 4.98 Å². The molecule has 0 spiro atoms. The lowest BCUT2D eigenvalue weighted by Crippen LogP contribution is -2.35. The SMILES string of the molecule is Cc1ccccc1C(=O)N1CCCN(c2cccc(C(=O)c3cccnc3C)n2)CC1.[HH]. The van der Waals surface area contributed by atoms with Crippen molar-refractivity contribution < 1.29 is 11.0 Å². The van der Waals surface area contributed by atoms with Gasteiger partial charge in [0, 0.05) is 50.6 Å². The molecule has 3 heterocycles. The van der Waals surface area contributed by atoms with E-state index in [2.05, 4.69) is 14.9 Å². The summed E-state index contributed by atoms with van der Waals surface area (Å²) in [5.74, 6) is 0.708. The van der Waals surface area contributed by atoms with Crippen LogP contribution in [0.1, 0.15) is 45.5 Å². The zero-order valence-electron chi connectivity index (χ0n) is 17.9. The average molecular weight is 417 g/mol. The van der Waals surface area contributed by atoms with E-state index in [4.69, 9.17) is 0 Å². The van der Waals surface area contributed by atoms with Gasteiger partial charge in [-0.15, -0.1) is 0 Å². The summed E-state index contributed by atoms with van der Waals surface area (Å²) in [6.07, 6.45) is 2.52. The van der Waals surface area contributed by atoms with Crippen molar-refractivity contribution in [3.8, 4) is 0 Å². The molecule has 1 aromatic carbocycles. The van der Waals surface area contributed by atoms with Crippen LogP contribution in [0.25, 0.3) is 0 Å². The first-order valence-corrected chi connectivity index (χ1v) is 10.6. The number of amides is 1. The van der Waals surface area contributed by atoms with Gasteiger partial charge in [0.1, 0.15) is 11.5 Å². The predicted molar refractivity (Wildman–Crippen MR) is 123 cm³/mol. The van der Waals surface area contributed by atoms with Gasteiger partial charge in [-0.05, 0) is 56.2 Å². The Morgan fingerprint density at radius 1 is 0.871 bits per heavy atom. The summed E-state index contributed by atoms with van der Waals surface area (Å²) in [6.45, 7) is 6.58. The smallest absolute Gasteiger partial charge is 0.254 e. The van der Waals surface area contributed by atoms with E-state index in [9.17, 15) is 9.59 Å². The van der Waals surface area contributed by atoms with E-state index in [1.165, 1.54) is 0 Å². The highest BCUT2D eigenvalue weighted by molar-refractivity contribution is 6.08. The lowest BCUT2D eigenvalue weighted by molar-refractivity contribution is 0.0766. The third-order valence-electron chi connectivity index (χ3n) is 5.70. The molecule has 0 N–H and O–H groups in total. The van der Waals surface area contributed by atoms with E-state index in [1.807, 2.05) is 55.1 Å². The summed E-state index contributed by atoms with van der Waals surface area (Å²) < 4.78 is 0. The molecule has 3 aromatic rings. The summed E-state index contributed by atoms with van der Waals surface area (Å²) in [5, 5.41) is 0. The van der Waals surface area contributed by atoms with Gasteiger partial charge in [-0.1, -0.05) is 24.3 Å². The molecule has 1 aliphatic heterocycles. The number of aromatic nitrogens is 2. The fourth-order valence-electron chi connectivity index (χ4n) is 3.92. The molecular weight excluding hydrogens is 388 g/mol. The van der Waals surface area contributed by atoms with E-state index in [1.54, 1.807) is 24.4 Å². The number of nitrogens with zero attached hydrogens (tertiary/aromatic N) is 4. The first-order chi connectivity index (χ1) is 15.0. The first-order valence-electron chi connectivity index (χ1n) is 10.6.